The van der Waals surface area contributed by atoms with Crippen molar-refractivity contribution in [2.75, 3.05) is 44.6 Å². The van der Waals surface area contributed by atoms with E-state index >= 15 is 0 Å². The summed E-state index contributed by atoms with van der Waals surface area (Å²) in [6.07, 6.45) is 7.31. The zero-order valence-electron chi connectivity index (χ0n) is 25.6. The number of rotatable bonds is 6. The van der Waals surface area contributed by atoms with Gasteiger partial charge in [-0.1, -0.05) is 0 Å². The Kier molecular flexibility index (Phi) is 9.08. The molecule has 0 bridgehead atoms. The Balaban J connectivity index is 1.25. The molecule has 4 amide bonds. The van der Waals surface area contributed by atoms with E-state index in [1.807, 2.05) is 36.1 Å². The van der Waals surface area contributed by atoms with E-state index in [9.17, 15) is 19.2 Å². The van der Waals surface area contributed by atoms with E-state index in [-0.39, 0.29) is 41.5 Å². The lowest BCUT2D eigenvalue weighted by Gasteiger charge is -2.25. The molecule has 3 aliphatic rings. The molecule has 12 nitrogen and oxygen atoms in total. The highest BCUT2D eigenvalue weighted by Gasteiger charge is 2.31. The van der Waals surface area contributed by atoms with Gasteiger partial charge >= 0.3 is 0 Å². The van der Waals surface area contributed by atoms with Crippen LogP contribution in [0.4, 0.5) is 5.69 Å². The first-order valence-corrected chi connectivity index (χ1v) is 15.8. The largest absolute Gasteiger partial charge is 0.461 e. The number of fused-ring (bicyclic) bond motifs is 1. The lowest BCUT2D eigenvalue weighted by atomic mass is 10.1. The summed E-state index contributed by atoms with van der Waals surface area (Å²) in [4.78, 5) is 67.2. The van der Waals surface area contributed by atoms with E-state index in [2.05, 4.69) is 15.6 Å². The Morgan fingerprint density at radius 3 is 2.44 bits per heavy atom. The van der Waals surface area contributed by atoms with Gasteiger partial charge in [0.05, 0.1) is 6.54 Å². The van der Waals surface area contributed by atoms with E-state index in [4.69, 9.17) is 9.41 Å². The maximum Gasteiger partial charge on any atom is 0.272 e. The molecule has 3 aliphatic heterocycles. The predicted octanol–water partition coefficient (Wildman–Crippen LogP) is 3.57. The van der Waals surface area contributed by atoms with Crippen LogP contribution in [0.3, 0.4) is 0 Å². The van der Waals surface area contributed by atoms with Gasteiger partial charge in [-0.2, -0.15) is 0 Å². The van der Waals surface area contributed by atoms with E-state index < -0.39 is 11.9 Å². The number of carbonyl (C=O) groups excluding carboxylic acids is 4. The van der Waals surface area contributed by atoms with Crippen molar-refractivity contribution in [2.24, 2.45) is 4.99 Å². The number of pyridine rings is 1. The van der Waals surface area contributed by atoms with Gasteiger partial charge in [0.1, 0.15) is 23.1 Å². The standard InChI is InChI=1S/C33H39N7O5/c1-22-18-24-19-25(9-10-28(24)45-22)35-33(37-30(42)23-11-12-34-27(20-23)32(44)39-15-6-7-16-39)36-26-8-2-3-17-40(31(26)43)21-29(41)38-13-4-5-14-38/h9-12,18-20,26H,2-8,13-17,21H2,1H3,(H2,35,36,37,42). The van der Waals surface area contributed by atoms with Crippen LogP contribution in [0.5, 0.6) is 0 Å². The van der Waals surface area contributed by atoms with Gasteiger partial charge in [0.2, 0.25) is 17.8 Å². The highest BCUT2D eigenvalue weighted by Crippen LogP contribution is 2.23. The Morgan fingerprint density at radius 2 is 1.67 bits per heavy atom. The molecule has 6 rings (SSSR count). The van der Waals surface area contributed by atoms with Crippen molar-refractivity contribution in [1.82, 2.24) is 25.0 Å². The number of guanidine groups is 1. The van der Waals surface area contributed by atoms with Crippen molar-refractivity contribution in [3.63, 3.8) is 0 Å². The molecule has 0 radical (unpaired) electrons. The van der Waals surface area contributed by atoms with E-state index in [1.165, 1.54) is 18.3 Å². The molecule has 0 spiro atoms. The molecule has 3 fully saturated rings. The average Bonchev–Trinajstić information content (AvgIpc) is 3.82. The fraction of sp³-hybridized carbons (Fsp3) is 0.455. The van der Waals surface area contributed by atoms with Crippen LogP contribution < -0.4 is 10.6 Å². The molecule has 0 aliphatic carbocycles. The van der Waals surface area contributed by atoms with Gasteiger partial charge in [-0.15, -0.1) is 0 Å². The van der Waals surface area contributed by atoms with Gasteiger partial charge in [0.25, 0.3) is 11.8 Å². The summed E-state index contributed by atoms with van der Waals surface area (Å²) in [6.45, 7) is 5.19. The SMILES string of the molecule is Cc1cc2cc(NC(=NC3CCCCN(CC(=O)N4CCCC4)C3=O)NC(=O)c3ccnc(C(=O)N4CCCC4)c3)ccc2o1. The molecular weight excluding hydrogens is 574 g/mol. The summed E-state index contributed by atoms with van der Waals surface area (Å²) in [5.41, 5.74) is 1.82. The molecule has 0 saturated carbocycles. The summed E-state index contributed by atoms with van der Waals surface area (Å²) in [7, 11) is 0. The number of likely N-dealkylation sites (tertiary alicyclic amines) is 3. The Morgan fingerprint density at radius 1 is 0.933 bits per heavy atom. The van der Waals surface area contributed by atoms with Gasteiger partial charge < -0.3 is 24.4 Å². The third kappa shape index (κ3) is 7.16. The number of aliphatic imine (C=N–C) groups is 1. The highest BCUT2D eigenvalue weighted by atomic mass is 16.3. The van der Waals surface area contributed by atoms with Crippen LogP contribution in [0, 0.1) is 6.92 Å². The number of anilines is 1. The number of carbonyl (C=O) groups is 4. The summed E-state index contributed by atoms with van der Waals surface area (Å²) in [5.74, 6) is -0.120. The second-order valence-electron chi connectivity index (χ2n) is 12.0. The van der Waals surface area contributed by atoms with Gasteiger partial charge in [-0.05, 0) is 88.3 Å². The normalized spacial score (nSPS) is 19.2. The number of hydrogen-bond acceptors (Lipinski definition) is 7. The Bertz CT molecular complexity index is 1620. The summed E-state index contributed by atoms with van der Waals surface area (Å²) in [6, 6.07) is 9.66. The third-order valence-corrected chi connectivity index (χ3v) is 8.59. The van der Waals surface area contributed by atoms with Crippen LogP contribution >= 0.6 is 0 Å². The lowest BCUT2D eigenvalue weighted by Crippen LogP contribution is -2.45. The zero-order chi connectivity index (χ0) is 31.3. The lowest BCUT2D eigenvalue weighted by molar-refractivity contribution is -0.140. The number of nitrogens with zero attached hydrogens (tertiary/aromatic N) is 5. The van der Waals surface area contributed by atoms with E-state index in [0.29, 0.717) is 31.7 Å². The monoisotopic (exact) mass is 613 g/mol. The molecule has 1 unspecified atom stereocenters. The van der Waals surface area contributed by atoms with Gasteiger partial charge in [0, 0.05) is 55.6 Å². The minimum atomic E-state index is -0.786. The number of hydrogen-bond donors (Lipinski definition) is 2. The maximum atomic E-state index is 13.7. The number of benzene rings is 1. The van der Waals surface area contributed by atoms with E-state index in [0.717, 1.165) is 68.3 Å². The smallest absolute Gasteiger partial charge is 0.272 e. The third-order valence-electron chi connectivity index (χ3n) is 8.59. The van der Waals surface area contributed by atoms with Gasteiger partial charge in [-0.3, -0.25) is 29.5 Å². The minimum absolute atomic E-state index is 0.0291. The molecule has 12 heteroatoms. The van der Waals surface area contributed by atoms with Crippen molar-refractivity contribution < 1.29 is 23.6 Å². The minimum Gasteiger partial charge on any atom is -0.461 e. The molecular formula is C33H39N7O5. The van der Waals surface area contributed by atoms with Gasteiger partial charge in [0.15, 0.2) is 0 Å². The molecule has 2 aromatic heterocycles. The van der Waals surface area contributed by atoms with Crippen LogP contribution in [0.1, 0.15) is 71.6 Å². The molecule has 45 heavy (non-hydrogen) atoms. The molecule has 1 aromatic carbocycles. The molecule has 3 saturated heterocycles. The molecule has 2 N–H and O–H groups in total. The molecule has 5 heterocycles. The average molecular weight is 614 g/mol. The van der Waals surface area contributed by atoms with Crippen LogP contribution in [-0.4, -0.2) is 94.6 Å². The summed E-state index contributed by atoms with van der Waals surface area (Å²) >= 11 is 0. The second-order valence-corrected chi connectivity index (χ2v) is 12.0. The fourth-order valence-electron chi connectivity index (χ4n) is 6.18. The maximum absolute atomic E-state index is 13.7. The fourth-order valence-corrected chi connectivity index (χ4v) is 6.18. The number of amides is 4. The van der Waals surface area contributed by atoms with Crippen LogP contribution in [0.25, 0.3) is 11.0 Å². The summed E-state index contributed by atoms with van der Waals surface area (Å²) in [5, 5.41) is 6.90. The van der Waals surface area contributed by atoms with Crippen LogP contribution in [0.15, 0.2) is 52.0 Å². The van der Waals surface area contributed by atoms with Crippen molar-refractivity contribution in [3.8, 4) is 0 Å². The topological polar surface area (TPSA) is 140 Å². The van der Waals surface area contributed by atoms with E-state index in [1.54, 1.807) is 9.80 Å². The predicted molar refractivity (Wildman–Crippen MR) is 169 cm³/mol. The van der Waals surface area contributed by atoms with Crippen LogP contribution in [0.2, 0.25) is 0 Å². The number of furan rings is 1. The molecule has 236 valence electrons. The zero-order valence-corrected chi connectivity index (χ0v) is 25.6. The van der Waals surface area contributed by atoms with Crippen LogP contribution in [-0.2, 0) is 9.59 Å². The highest BCUT2D eigenvalue weighted by molar-refractivity contribution is 6.11. The Labute approximate surface area is 261 Å². The number of aryl methyl sites for hydroxylation is 1. The van der Waals surface area contributed by atoms with Crippen molar-refractivity contribution in [3.05, 3.63) is 59.6 Å². The molecule has 3 aromatic rings. The second kappa shape index (κ2) is 13.5. The first kappa shape index (κ1) is 30.3. The first-order chi connectivity index (χ1) is 21.8. The summed E-state index contributed by atoms with van der Waals surface area (Å²) < 4.78 is 5.70. The molecule has 1 atom stereocenters. The first-order valence-electron chi connectivity index (χ1n) is 15.8. The quantitative estimate of drug-likeness (QED) is 0.320. The number of aromatic nitrogens is 1. The number of nitrogens with one attached hydrogen (secondary N) is 2. The Hall–Kier alpha value is -4.74. The van der Waals surface area contributed by atoms with Crippen molar-refractivity contribution >= 4 is 46.2 Å². The van der Waals surface area contributed by atoms with Crippen molar-refractivity contribution in [1.29, 1.82) is 0 Å². The van der Waals surface area contributed by atoms with Crippen molar-refractivity contribution in [2.45, 2.75) is 57.9 Å². The van der Waals surface area contributed by atoms with Gasteiger partial charge in [-0.25, -0.2) is 4.99 Å².